The number of hydrogen-bond donors (Lipinski definition) is 1. The van der Waals surface area contributed by atoms with Crippen molar-refractivity contribution in [3.8, 4) is 0 Å². The summed E-state index contributed by atoms with van der Waals surface area (Å²) in [5, 5.41) is 2.92. The Kier molecular flexibility index (Phi) is 4.55. The van der Waals surface area contributed by atoms with Gasteiger partial charge in [-0.1, -0.05) is 12.1 Å². The lowest BCUT2D eigenvalue weighted by Crippen LogP contribution is -2.31. The van der Waals surface area contributed by atoms with E-state index in [2.05, 4.69) is 15.3 Å². The molecule has 138 valence electrons. The molecule has 1 unspecified atom stereocenters. The zero-order valence-corrected chi connectivity index (χ0v) is 15.7. The van der Waals surface area contributed by atoms with E-state index in [0.29, 0.717) is 39.5 Å². The normalized spacial score (nSPS) is 16.2. The van der Waals surface area contributed by atoms with Crippen LogP contribution in [-0.4, -0.2) is 21.6 Å². The van der Waals surface area contributed by atoms with E-state index in [1.54, 1.807) is 19.9 Å². The number of halogens is 2. The fourth-order valence-corrected chi connectivity index (χ4v) is 4.38. The molecule has 2 aromatic carbocycles. The van der Waals surface area contributed by atoms with Gasteiger partial charge in [0.2, 0.25) is 0 Å². The Balaban J connectivity index is 1.73. The average molecular weight is 385 g/mol. The highest BCUT2D eigenvalue weighted by atomic mass is 32.2. The lowest BCUT2D eigenvalue weighted by atomic mass is 10.0. The molecule has 0 saturated carbocycles. The summed E-state index contributed by atoms with van der Waals surface area (Å²) in [6.45, 7) is 3.59. The quantitative estimate of drug-likeness (QED) is 0.706. The average Bonchev–Trinajstić information content (AvgIpc) is 2.63. The Hall–Kier alpha value is -2.54. The third-order valence-electron chi connectivity index (χ3n) is 4.72. The van der Waals surface area contributed by atoms with E-state index < -0.39 is 11.7 Å². The van der Waals surface area contributed by atoms with Crippen molar-refractivity contribution in [3.63, 3.8) is 0 Å². The third kappa shape index (κ3) is 3.27. The van der Waals surface area contributed by atoms with E-state index in [-0.39, 0.29) is 17.4 Å². The molecule has 0 spiro atoms. The number of carbonyl (C=O) groups excluding carboxylic acids is 1. The third-order valence-corrected chi connectivity index (χ3v) is 5.88. The van der Waals surface area contributed by atoms with Crippen LogP contribution in [0, 0.1) is 25.5 Å². The standard InChI is InChI=1S/C20H17F2N3OS/c1-10-11(2)24-18-14(8-12(21)9-17(18)23-10)20(26)25-16-6-7-27-19-13(16)4-3-5-15(19)22/h3-5,8-9,16H,6-7H2,1-2H3,(H,25,26). The predicted molar refractivity (Wildman–Crippen MR) is 101 cm³/mol. The molecular formula is C20H17F2N3OS. The minimum Gasteiger partial charge on any atom is -0.345 e. The van der Waals surface area contributed by atoms with Crippen molar-refractivity contribution >= 4 is 28.7 Å². The molecule has 1 aromatic heterocycles. The number of amides is 1. The van der Waals surface area contributed by atoms with Gasteiger partial charge in [0.15, 0.2) is 0 Å². The molecule has 3 aromatic rings. The van der Waals surface area contributed by atoms with Gasteiger partial charge >= 0.3 is 0 Å². The van der Waals surface area contributed by atoms with Gasteiger partial charge < -0.3 is 5.32 Å². The highest BCUT2D eigenvalue weighted by molar-refractivity contribution is 7.99. The van der Waals surface area contributed by atoms with Crippen LogP contribution in [0.2, 0.25) is 0 Å². The van der Waals surface area contributed by atoms with Crippen LogP contribution in [0.4, 0.5) is 8.78 Å². The summed E-state index contributed by atoms with van der Waals surface area (Å²) < 4.78 is 28.1. The van der Waals surface area contributed by atoms with Crippen molar-refractivity contribution in [2.45, 2.75) is 31.2 Å². The molecule has 0 saturated heterocycles. The first kappa shape index (κ1) is 17.9. The maximum Gasteiger partial charge on any atom is 0.254 e. The molecule has 7 heteroatoms. The number of fused-ring (bicyclic) bond motifs is 2. The van der Waals surface area contributed by atoms with Gasteiger partial charge in [-0.3, -0.25) is 4.79 Å². The number of rotatable bonds is 2. The molecule has 1 aliphatic heterocycles. The Morgan fingerprint density at radius 2 is 1.96 bits per heavy atom. The number of thioether (sulfide) groups is 1. The van der Waals surface area contributed by atoms with Crippen molar-refractivity contribution in [1.82, 2.24) is 15.3 Å². The largest absolute Gasteiger partial charge is 0.345 e. The molecule has 2 heterocycles. The fourth-order valence-electron chi connectivity index (χ4n) is 3.24. The number of hydrogen-bond acceptors (Lipinski definition) is 4. The minimum atomic E-state index is -0.546. The molecule has 0 bridgehead atoms. The first-order chi connectivity index (χ1) is 12.9. The van der Waals surface area contributed by atoms with Crippen molar-refractivity contribution in [2.24, 2.45) is 0 Å². The van der Waals surface area contributed by atoms with Gasteiger partial charge in [-0.05, 0) is 38.0 Å². The summed E-state index contributed by atoms with van der Waals surface area (Å²) in [7, 11) is 0. The number of benzene rings is 2. The van der Waals surface area contributed by atoms with E-state index in [0.717, 1.165) is 5.56 Å². The van der Waals surface area contributed by atoms with Crippen molar-refractivity contribution < 1.29 is 13.6 Å². The lowest BCUT2D eigenvalue weighted by molar-refractivity contribution is 0.0936. The van der Waals surface area contributed by atoms with Crippen LogP contribution in [0.5, 0.6) is 0 Å². The molecule has 1 N–H and O–H groups in total. The Morgan fingerprint density at radius 3 is 2.78 bits per heavy atom. The molecular weight excluding hydrogens is 368 g/mol. The van der Waals surface area contributed by atoms with Crippen LogP contribution in [-0.2, 0) is 0 Å². The molecule has 27 heavy (non-hydrogen) atoms. The van der Waals surface area contributed by atoms with E-state index in [1.807, 2.05) is 6.07 Å². The molecule has 1 amide bonds. The van der Waals surface area contributed by atoms with Gasteiger partial charge in [-0.25, -0.2) is 18.7 Å². The van der Waals surface area contributed by atoms with Crippen LogP contribution in [0.3, 0.4) is 0 Å². The maximum atomic E-state index is 14.1. The number of nitrogens with zero attached hydrogens (tertiary/aromatic N) is 2. The molecule has 4 nitrogen and oxygen atoms in total. The van der Waals surface area contributed by atoms with Gasteiger partial charge in [0, 0.05) is 16.7 Å². The molecule has 0 radical (unpaired) electrons. The molecule has 1 atom stereocenters. The van der Waals surface area contributed by atoms with E-state index in [4.69, 9.17) is 0 Å². The van der Waals surface area contributed by atoms with Crippen LogP contribution in [0.15, 0.2) is 35.2 Å². The molecule has 0 fully saturated rings. The van der Waals surface area contributed by atoms with E-state index >= 15 is 0 Å². The van der Waals surface area contributed by atoms with Crippen LogP contribution >= 0.6 is 11.8 Å². The first-order valence-electron chi connectivity index (χ1n) is 8.60. The lowest BCUT2D eigenvalue weighted by Gasteiger charge is -2.26. The molecule has 1 aliphatic rings. The topological polar surface area (TPSA) is 54.9 Å². The summed E-state index contributed by atoms with van der Waals surface area (Å²) >= 11 is 1.44. The van der Waals surface area contributed by atoms with Crippen molar-refractivity contribution in [2.75, 3.05) is 5.75 Å². The summed E-state index contributed by atoms with van der Waals surface area (Å²) in [4.78, 5) is 22.3. The van der Waals surface area contributed by atoms with Gasteiger partial charge in [-0.2, -0.15) is 0 Å². The second kappa shape index (κ2) is 6.88. The van der Waals surface area contributed by atoms with Crippen LogP contribution in [0.1, 0.15) is 39.8 Å². The first-order valence-corrected chi connectivity index (χ1v) is 9.59. The summed E-state index contributed by atoms with van der Waals surface area (Å²) in [6, 6.07) is 6.97. The highest BCUT2D eigenvalue weighted by Gasteiger charge is 2.26. The monoisotopic (exact) mass is 385 g/mol. The van der Waals surface area contributed by atoms with Gasteiger partial charge in [0.25, 0.3) is 5.91 Å². The maximum absolute atomic E-state index is 14.1. The summed E-state index contributed by atoms with van der Waals surface area (Å²) in [6.07, 6.45) is 0.671. The number of nitrogens with one attached hydrogen (secondary N) is 1. The second-order valence-corrected chi connectivity index (χ2v) is 7.64. The smallest absolute Gasteiger partial charge is 0.254 e. The fraction of sp³-hybridized carbons (Fsp3) is 0.250. The van der Waals surface area contributed by atoms with E-state index in [9.17, 15) is 13.6 Å². The Labute approximate surface area is 159 Å². The minimum absolute atomic E-state index is 0.136. The van der Waals surface area contributed by atoms with Gasteiger partial charge in [0.1, 0.15) is 17.2 Å². The number of aromatic nitrogens is 2. The molecule has 4 rings (SSSR count). The van der Waals surface area contributed by atoms with Crippen molar-refractivity contribution in [3.05, 3.63) is 64.5 Å². The molecule has 0 aliphatic carbocycles. The number of carbonyl (C=O) groups is 1. The SMILES string of the molecule is Cc1nc2cc(F)cc(C(=O)NC3CCSc4c(F)cccc43)c2nc1C. The summed E-state index contributed by atoms with van der Waals surface area (Å²) in [5.41, 5.74) is 2.96. The van der Waals surface area contributed by atoms with Gasteiger partial charge in [-0.15, -0.1) is 11.8 Å². The van der Waals surface area contributed by atoms with Crippen LogP contribution in [0.25, 0.3) is 11.0 Å². The van der Waals surface area contributed by atoms with Crippen LogP contribution < -0.4 is 5.32 Å². The second-order valence-electron chi connectivity index (χ2n) is 6.54. The van der Waals surface area contributed by atoms with Crippen molar-refractivity contribution in [1.29, 1.82) is 0 Å². The summed E-state index contributed by atoms with van der Waals surface area (Å²) in [5.74, 6) is -0.578. The van der Waals surface area contributed by atoms with Gasteiger partial charge in [0.05, 0.1) is 28.5 Å². The number of aryl methyl sites for hydroxylation is 2. The zero-order valence-electron chi connectivity index (χ0n) is 14.8. The highest BCUT2D eigenvalue weighted by Crippen LogP contribution is 2.38. The Morgan fingerprint density at radius 1 is 1.19 bits per heavy atom. The zero-order chi connectivity index (χ0) is 19.1. The Bertz CT molecular complexity index is 1070. The predicted octanol–water partition coefficient (Wildman–Crippen LogP) is 4.49. The van der Waals surface area contributed by atoms with E-state index in [1.165, 1.54) is 30.0 Å².